The van der Waals surface area contributed by atoms with E-state index in [0.717, 1.165) is 17.0 Å². The first-order chi connectivity index (χ1) is 15.5. The first-order valence-corrected chi connectivity index (χ1v) is 11.1. The predicted octanol–water partition coefficient (Wildman–Crippen LogP) is 4.32. The Labute approximate surface area is 192 Å². The molecule has 7 nitrogen and oxygen atoms in total. The second-order valence-electron chi connectivity index (χ2n) is 7.71. The van der Waals surface area contributed by atoms with Crippen molar-refractivity contribution in [2.45, 2.75) is 51.6 Å². The van der Waals surface area contributed by atoms with Crippen molar-refractivity contribution in [1.82, 2.24) is 4.90 Å². The molecule has 11 heteroatoms. The lowest BCUT2D eigenvalue weighted by Crippen LogP contribution is -2.44. The molecule has 2 unspecified atom stereocenters. The first kappa shape index (κ1) is 24.7. The van der Waals surface area contributed by atoms with Crippen molar-refractivity contribution in [2.75, 3.05) is 11.9 Å². The number of nitrogens with zero attached hydrogens (tertiary/aromatic N) is 1. The van der Waals surface area contributed by atoms with Crippen molar-refractivity contribution < 1.29 is 37.4 Å². The smallest absolute Gasteiger partial charge is 0.480 e. The number of hydrogen-bond acceptors (Lipinski definition) is 6. The van der Waals surface area contributed by atoms with Gasteiger partial charge in [-0.15, -0.1) is 24.5 Å². The number of anilines is 1. The SMILES string of the molecule is CCc1cc(C(=O)c2ccc(OC(F)(F)F)cc2)c(NC(=O)CN2C(C)CCC2C(=O)O)s1. The Morgan fingerprint density at radius 1 is 1.21 bits per heavy atom. The molecule has 3 rings (SSSR count). The second-order valence-corrected chi connectivity index (χ2v) is 8.85. The van der Waals surface area contributed by atoms with Gasteiger partial charge in [0.2, 0.25) is 5.91 Å². The molecular formula is C22H23F3N2O5S. The summed E-state index contributed by atoms with van der Waals surface area (Å²) in [5.74, 6) is -2.33. The number of nitrogens with one attached hydrogen (secondary N) is 1. The highest BCUT2D eigenvalue weighted by Gasteiger charge is 2.36. The van der Waals surface area contributed by atoms with Gasteiger partial charge in [0.25, 0.3) is 0 Å². The van der Waals surface area contributed by atoms with Gasteiger partial charge in [0.15, 0.2) is 5.78 Å². The largest absolute Gasteiger partial charge is 0.573 e. The van der Waals surface area contributed by atoms with E-state index < -0.39 is 35.8 Å². The number of carboxylic acid groups (broad SMARTS) is 1. The number of likely N-dealkylation sites (tertiary alicyclic amines) is 1. The third-order valence-electron chi connectivity index (χ3n) is 5.41. The molecule has 1 aromatic carbocycles. The van der Waals surface area contributed by atoms with Gasteiger partial charge in [0.1, 0.15) is 16.8 Å². The lowest BCUT2D eigenvalue weighted by molar-refractivity contribution is -0.274. The standard InChI is InChI=1S/C22H23F3N2O5S/c1-3-15-10-16(19(29)13-5-7-14(8-6-13)32-22(23,24)25)20(33-15)26-18(28)11-27-12(2)4-9-17(27)21(30)31/h5-8,10,12,17H,3-4,9,11H2,1-2H3,(H,26,28)(H,30,31). The molecule has 1 amide bonds. The number of ketones is 1. The molecule has 2 heterocycles. The molecule has 2 aromatic rings. The van der Waals surface area contributed by atoms with Crippen LogP contribution in [0.3, 0.4) is 0 Å². The summed E-state index contributed by atoms with van der Waals surface area (Å²) < 4.78 is 40.9. The van der Waals surface area contributed by atoms with Crippen LogP contribution in [0.1, 0.15) is 47.5 Å². The number of aliphatic carboxylic acids is 1. The number of carboxylic acids is 1. The molecule has 33 heavy (non-hydrogen) atoms. The average molecular weight is 484 g/mol. The summed E-state index contributed by atoms with van der Waals surface area (Å²) in [7, 11) is 0. The van der Waals surface area contributed by atoms with Crippen molar-refractivity contribution in [3.8, 4) is 5.75 Å². The van der Waals surface area contributed by atoms with E-state index in [-0.39, 0.29) is 23.7 Å². The van der Waals surface area contributed by atoms with E-state index >= 15 is 0 Å². The van der Waals surface area contributed by atoms with Crippen molar-refractivity contribution in [3.63, 3.8) is 0 Å². The average Bonchev–Trinajstić information content (AvgIpc) is 3.30. The summed E-state index contributed by atoms with van der Waals surface area (Å²) in [6.45, 7) is 3.62. The Balaban J connectivity index is 1.77. The Hall–Kier alpha value is -2.92. The molecule has 0 spiro atoms. The first-order valence-electron chi connectivity index (χ1n) is 10.3. The van der Waals surface area contributed by atoms with Crippen molar-refractivity contribution in [3.05, 3.63) is 46.3 Å². The van der Waals surface area contributed by atoms with Gasteiger partial charge in [0, 0.05) is 16.5 Å². The molecule has 178 valence electrons. The summed E-state index contributed by atoms with van der Waals surface area (Å²) in [6.07, 6.45) is -3.09. The van der Waals surface area contributed by atoms with Gasteiger partial charge >= 0.3 is 12.3 Å². The Morgan fingerprint density at radius 3 is 2.45 bits per heavy atom. The number of amides is 1. The van der Waals surface area contributed by atoms with E-state index in [1.54, 1.807) is 11.0 Å². The van der Waals surface area contributed by atoms with Crippen molar-refractivity contribution in [2.24, 2.45) is 0 Å². The zero-order chi connectivity index (χ0) is 24.3. The number of aryl methyl sites for hydroxylation is 1. The van der Waals surface area contributed by atoms with E-state index in [1.165, 1.54) is 23.5 Å². The molecule has 1 aromatic heterocycles. The van der Waals surface area contributed by atoms with Gasteiger partial charge in [-0.2, -0.15) is 0 Å². The number of carbonyl (C=O) groups excluding carboxylic acids is 2. The van der Waals surface area contributed by atoms with E-state index in [2.05, 4.69) is 10.1 Å². The Bertz CT molecular complexity index is 1040. The van der Waals surface area contributed by atoms with Crippen LogP contribution in [0.15, 0.2) is 30.3 Å². The number of thiophene rings is 1. The molecular weight excluding hydrogens is 461 g/mol. The number of ether oxygens (including phenoxy) is 1. The number of alkyl halides is 3. The number of rotatable bonds is 8. The van der Waals surface area contributed by atoms with Gasteiger partial charge in [-0.05, 0) is 56.5 Å². The lowest BCUT2D eigenvalue weighted by atomic mass is 10.0. The fraction of sp³-hybridized carbons (Fsp3) is 0.409. The maximum Gasteiger partial charge on any atom is 0.573 e. The highest BCUT2D eigenvalue weighted by molar-refractivity contribution is 7.16. The van der Waals surface area contributed by atoms with Gasteiger partial charge in [-0.25, -0.2) is 0 Å². The molecule has 1 aliphatic heterocycles. The summed E-state index contributed by atoms with van der Waals surface area (Å²) in [5.41, 5.74) is 0.360. The van der Waals surface area contributed by atoms with Gasteiger partial charge in [-0.3, -0.25) is 19.3 Å². The minimum absolute atomic E-state index is 0.0649. The second kappa shape index (κ2) is 9.92. The highest BCUT2D eigenvalue weighted by Crippen LogP contribution is 2.32. The third kappa shape index (κ3) is 6.11. The zero-order valence-electron chi connectivity index (χ0n) is 17.9. The number of carbonyl (C=O) groups is 3. The minimum atomic E-state index is -4.83. The van der Waals surface area contributed by atoms with Crippen LogP contribution in [-0.2, 0) is 16.0 Å². The van der Waals surface area contributed by atoms with Crippen LogP contribution in [0.5, 0.6) is 5.75 Å². The van der Waals surface area contributed by atoms with E-state index in [1.807, 2.05) is 13.8 Å². The van der Waals surface area contributed by atoms with E-state index in [0.29, 0.717) is 24.3 Å². The number of hydrogen-bond donors (Lipinski definition) is 2. The summed E-state index contributed by atoms with van der Waals surface area (Å²) >= 11 is 1.23. The minimum Gasteiger partial charge on any atom is -0.480 e. The number of benzene rings is 1. The molecule has 1 saturated heterocycles. The topological polar surface area (TPSA) is 95.9 Å². The predicted molar refractivity (Wildman–Crippen MR) is 116 cm³/mol. The van der Waals surface area contributed by atoms with Crippen LogP contribution < -0.4 is 10.1 Å². The fourth-order valence-corrected chi connectivity index (χ4v) is 4.75. The monoisotopic (exact) mass is 484 g/mol. The van der Waals surface area contributed by atoms with Crippen LogP contribution in [0.4, 0.5) is 18.2 Å². The zero-order valence-corrected chi connectivity index (χ0v) is 18.8. The Kier molecular flexibility index (Phi) is 7.43. The molecule has 0 bridgehead atoms. The summed E-state index contributed by atoms with van der Waals surface area (Å²) in [6, 6.07) is 5.38. The summed E-state index contributed by atoms with van der Waals surface area (Å²) in [4.78, 5) is 39.6. The number of halogens is 3. The Morgan fingerprint density at radius 2 is 1.88 bits per heavy atom. The van der Waals surface area contributed by atoms with Crippen molar-refractivity contribution in [1.29, 1.82) is 0 Å². The van der Waals surface area contributed by atoms with Gasteiger partial charge in [-0.1, -0.05) is 6.92 Å². The van der Waals surface area contributed by atoms with Crippen LogP contribution in [-0.4, -0.2) is 52.7 Å². The molecule has 1 fully saturated rings. The molecule has 0 radical (unpaired) electrons. The normalized spacial score (nSPS) is 18.8. The van der Waals surface area contributed by atoms with Crippen LogP contribution in [0.25, 0.3) is 0 Å². The quantitative estimate of drug-likeness (QED) is 0.542. The van der Waals surface area contributed by atoms with Crippen molar-refractivity contribution >= 4 is 34.0 Å². The molecule has 1 aliphatic rings. The third-order valence-corrected chi connectivity index (χ3v) is 6.61. The van der Waals surface area contributed by atoms with Crippen LogP contribution >= 0.6 is 11.3 Å². The maximum atomic E-state index is 13.0. The van der Waals surface area contributed by atoms with Crippen LogP contribution in [0, 0.1) is 0 Å². The molecule has 0 saturated carbocycles. The van der Waals surface area contributed by atoms with Gasteiger partial charge in [0.05, 0.1) is 12.1 Å². The lowest BCUT2D eigenvalue weighted by Gasteiger charge is -2.24. The molecule has 0 aliphatic carbocycles. The van der Waals surface area contributed by atoms with E-state index in [4.69, 9.17) is 0 Å². The molecule has 2 N–H and O–H groups in total. The van der Waals surface area contributed by atoms with E-state index in [9.17, 15) is 32.7 Å². The maximum absolute atomic E-state index is 13.0. The fourth-order valence-electron chi connectivity index (χ4n) is 3.74. The highest BCUT2D eigenvalue weighted by atomic mass is 32.1. The molecule has 2 atom stereocenters. The summed E-state index contributed by atoms with van der Waals surface area (Å²) in [5, 5.41) is 12.4. The van der Waals surface area contributed by atoms with Crippen LogP contribution in [0.2, 0.25) is 0 Å². The van der Waals surface area contributed by atoms with Gasteiger partial charge < -0.3 is 15.2 Å².